The lowest BCUT2D eigenvalue weighted by Gasteiger charge is -2.17. The number of hydrogen-bond acceptors (Lipinski definition) is 5. The van der Waals surface area contributed by atoms with Crippen LogP contribution in [0.15, 0.2) is 22.7 Å². The van der Waals surface area contributed by atoms with Crippen LogP contribution in [0.25, 0.3) is 0 Å². The Labute approximate surface area is 175 Å². The molecule has 0 saturated heterocycles. The van der Waals surface area contributed by atoms with Crippen LogP contribution in [0.2, 0.25) is 0 Å². The van der Waals surface area contributed by atoms with E-state index >= 15 is 0 Å². The second-order valence-corrected chi connectivity index (χ2v) is 8.85. The first-order chi connectivity index (χ1) is 12.9. The number of methoxy groups -OCH3 is 1. The molecule has 1 aliphatic rings. The predicted octanol–water partition coefficient (Wildman–Crippen LogP) is 4.64. The summed E-state index contributed by atoms with van der Waals surface area (Å²) in [6.07, 6.45) is 2.97. The number of rotatable bonds is 3. The molecule has 1 amide bonds. The number of fused-ring (bicyclic) bond motifs is 1. The van der Waals surface area contributed by atoms with Crippen molar-refractivity contribution in [2.45, 2.75) is 26.2 Å². The number of carbonyl (C=O) groups is 1. The van der Waals surface area contributed by atoms with E-state index in [4.69, 9.17) is 17.0 Å². The van der Waals surface area contributed by atoms with Gasteiger partial charge in [-0.15, -0.1) is 11.3 Å². The molecule has 0 bridgehead atoms. The molecule has 140 valence electrons. The van der Waals surface area contributed by atoms with Gasteiger partial charge in [0.1, 0.15) is 16.8 Å². The molecule has 2 aromatic rings. The van der Waals surface area contributed by atoms with Crippen molar-refractivity contribution < 1.29 is 9.53 Å². The van der Waals surface area contributed by atoms with Gasteiger partial charge in [0.25, 0.3) is 5.91 Å². The number of ether oxygens (including phenoxy) is 1. The average molecular weight is 464 g/mol. The van der Waals surface area contributed by atoms with Gasteiger partial charge >= 0.3 is 0 Å². The lowest BCUT2D eigenvalue weighted by Crippen LogP contribution is -2.34. The van der Waals surface area contributed by atoms with Crippen molar-refractivity contribution in [3.05, 3.63) is 44.2 Å². The molecule has 1 heterocycles. The topological polar surface area (TPSA) is 74.2 Å². The molecule has 1 atom stereocenters. The summed E-state index contributed by atoms with van der Waals surface area (Å²) in [7, 11) is 1.51. The quantitative estimate of drug-likeness (QED) is 0.648. The maximum Gasteiger partial charge on any atom is 0.261 e. The fraction of sp³-hybridized carbons (Fsp3) is 0.316. The Morgan fingerprint density at radius 3 is 2.96 bits per heavy atom. The van der Waals surface area contributed by atoms with Gasteiger partial charge in [-0.2, -0.15) is 5.26 Å². The first-order valence-corrected chi connectivity index (χ1v) is 10.4. The number of nitriles is 1. The number of halogens is 1. The van der Waals surface area contributed by atoms with E-state index in [-0.39, 0.29) is 11.0 Å². The Kier molecular flexibility index (Phi) is 6.15. The van der Waals surface area contributed by atoms with E-state index in [1.165, 1.54) is 12.0 Å². The fourth-order valence-electron chi connectivity index (χ4n) is 3.12. The Bertz CT molecular complexity index is 949. The summed E-state index contributed by atoms with van der Waals surface area (Å²) in [5, 5.41) is 16.1. The zero-order valence-corrected chi connectivity index (χ0v) is 18.1. The zero-order chi connectivity index (χ0) is 19.6. The standard InChI is InChI=1S/C19H18BrN3O2S2/c1-10-3-5-12-14(9-21)18(27-16(12)7-10)23-19(26)22-17(24)13-8-11(20)4-6-15(13)25-2/h4,6,8,10H,3,5,7H2,1-2H3,(H2,22,23,24,26). The van der Waals surface area contributed by atoms with Crippen LogP contribution in [-0.4, -0.2) is 18.1 Å². The molecular weight excluding hydrogens is 446 g/mol. The average Bonchev–Trinajstić information content (AvgIpc) is 2.97. The summed E-state index contributed by atoms with van der Waals surface area (Å²) < 4.78 is 6.00. The normalized spacial score (nSPS) is 15.4. The van der Waals surface area contributed by atoms with Crippen LogP contribution in [0.3, 0.4) is 0 Å². The third kappa shape index (κ3) is 4.32. The number of thiophene rings is 1. The lowest BCUT2D eigenvalue weighted by molar-refractivity contribution is 0.0974. The lowest BCUT2D eigenvalue weighted by atomic mass is 9.89. The first-order valence-electron chi connectivity index (χ1n) is 8.43. The highest BCUT2D eigenvalue weighted by atomic mass is 79.9. The summed E-state index contributed by atoms with van der Waals surface area (Å²) >= 11 is 10.2. The van der Waals surface area contributed by atoms with Crippen LogP contribution in [-0.2, 0) is 12.8 Å². The van der Waals surface area contributed by atoms with Gasteiger partial charge in [-0.25, -0.2) is 0 Å². The molecule has 0 spiro atoms. The Morgan fingerprint density at radius 1 is 1.48 bits per heavy atom. The Hall–Kier alpha value is -1.95. The van der Waals surface area contributed by atoms with E-state index in [1.807, 2.05) is 0 Å². The van der Waals surface area contributed by atoms with Gasteiger partial charge in [-0.3, -0.25) is 10.1 Å². The van der Waals surface area contributed by atoms with Gasteiger partial charge in [0.2, 0.25) is 0 Å². The van der Waals surface area contributed by atoms with Gasteiger partial charge in [0.15, 0.2) is 5.11 Å². The highest BCUT2D eigenvalue weighted by Crippen LogP contribution is 2.39. The van der Waals surface area contributed by atoms with Crippen molar-refractivity contribution in [1.82, 2.24) is 5.32 Å². The second kappa shape index (κ2) is 8.38. The molecule has 3 rings (SSSR count). The van der Waals surface area contributed by atoms with Crippen LogP contribution < -0.4 is 15.4 Å². The van der Waals surface area contributed by atoms with E-state index < -0.39 is 0 Å². The number of benzene rings is 1. The molecule has 1 aromatic carbocycles. The predicted molar refractivity (Wildman–Crippen MR) is 115 cm³/mol. The van der Waals surface area contributed by atoms with Gasteiger partial charge in [0, 0.05) is 9.35 Å². The summed E-state index contributed by atoms with van der Waals surface area (Å²) in [6.45, 7) is 2.22. The summed E-state index contributed by atoms with van der Waals surface area (Å²) in [4.78, 5) is 13.8. The summed E-state index contributed by atoms with van der Waals surface area (Å²) in [5.74, 6) is 0.696. The number of nitrogens with one attached hydrogen (secondary N) is 2. The molecule has 2 N–H and O–H groups in total. The Morgan fingerprint density at radius 2 is 2.26 bits per heavy atom. The molecule has 0 fully saturated rings. The maximum absolute atomic E-state index is 12.6. The van der Waals surface area contributed by atoms with Crippen LogP contribution in [0.1, 0.15) is 39.7 Å². The van der Waals surface area contributed by atoms with Crippen LogP contribution in [0.5, 0.6) is 5.75 Å². The molecule has 1 aliphatic carbocycles. The number of nitrogens with zero attached hydrogens (tertiary/aromatic N) is 1. The minimum absolute atomic E-state index is 0.158. The van der Waals surface area contributed by atoms with E-state index in [0.29, 0.717) is 27.8 Å². The zero-order valence-electron chi connectivity index (χ0n) is 14.9. The molecule has 0 saturated carbocycles. The van der Waals surface area contributed by atoms with E-state index in [2.05, 4.69) is 39.6 Å². The van der Waals surface area contributed by atoms with Crippen molar-refractivity contribution in [3.63, 3.8) is 0 Å². The molecule has 0 radical (unpaired) electrons. The number of carbonyl (C=O) groups excluding carboxylic acids is 1. The van der Waals surface area contributed by atoms with Crippen molar-refractivity contribution in [2.75, 3.05) is 12.4 Å². The first kappa shape index (κ1) is 19.8. The third-order valence-corrected chi connectivity index (χ3v) is 6.35. The number of amides is 1. The van der Waals surface area contributed by atoms with Crippen LogP contribution >= 0.6 is 39.5 Å². The minimum atomic E-state index is -0.376. The highest BCUT2D eigenvalue weighted by molar-refractivity contribution is 9.10. The van der Waals surface area contributed by atoms with Gasteiger partial charge in [0.05, 0.1) is 18.2 Å². The molecule has 27 heavy (non-hydrogen) atoms. The van der Waals surface area contributed by atoms with Crippen molar-refractivity contribution in [3.8, 4) is 11.8 Å². The number of anilines is 1. The van der Waals surface area contributed by atoms with Gasteiger partial charge in [-0.1, -0.05) is 22.9 Å². The molecule has 1 unspecified atom stereocenters. The van der Waals surface area contributed by atoms with Gasteiger partial charge < -0.3 is 10.1 Å². The van der Waals surface area contributed by atoms with E-state index in [0.717, 1.165) is 29.3 Å². The van der Waals surface area contributed by atoms with Crippen molar-refractivity contribution in [1.29, 1.82) is 5.26 Å². The van der Waals surface area contributed by atoms with E-state index in [9.17, 15) is 10.1 Å². The second-order valence-electron chi connectivity index (χ2n) is 6.42. The SMILES string of the molecule is COc1ccc(Br)cc1C(=O)NC(=S)Nc1sc2c(c1C#N)CCC(C)C2. The Balaban J connectivity index is 1.76. The molecule has 8 heteroatoms. The van der Waals surface area contributed by atoms with Crippen molar-refractivity contribution >= 4 is 55.5 Å². The van der Waals surface area contributed by atoms with E-state index in [1.54, 1.807) is 29.5 Å². The third-order valence-electron chi connectivity index (χ3n) is 4.48. The molecule has 5 nitrogen and oxygen atoms in total. The van der Waals surface area contributed by atoms with Crippen LogP contribution in [0, 0.1) is 17.2 Å². The maximum atomic E-state index is 12.6. The molecule has 0 aliphatic heterocycles. The minimum Gasteiger partial charge on any atom is -0.496 e. The highest BCUT2D eigenvalue weighted by Gasteiger charge is 2.24. The molecular formula is C19H18BrN3O2S2. The fourth-order valence-corrected chi connectivity index (χ4v) is 5.11. The molecule has 1 aromatic heterocycles. The summed E-state index contributed by atoms with van der Waals surface area (Å²) in [6, 6.07) is 7.45. The van der Waals surface area contributed by atoms with Crippen molar-refractivity contribution in [2.24, 2.45) is 5.92 Å². The number of thiocarbonyl (C=S) groups is 1. The largest absolute Gasteiger partial charge is 0.496 e. The monoisotopic (exact) mass is 463 g/mol. The number of hydrogen-bond donors (Lipinski definition) is 2. The van der Waals surface area contributed by atoms with Crippen LogP contribution in [0.4, 0.5) is 5.00 Å². The van der Waals surface area contributed by atoms with Gasteiger partial charge in [-0.05, 0) is 61.2 Å². The smallest absolute Gasteiger partial charge is 0.261 e. The summed E-state index contributed by atoms with van der Waals surface area (Å²) in [5.41, 5.74) is 2.13.